The molecule has 1 aromatic heterocycles. The zero-order chi connectivity index (χ0) is 15.0. The summed E-state index contributed by atoms with van der Waals surface area (Å²) in [5, 5.41) is 4.50. The number of nitrogens with one attached hydrogen (secondary N) is 1. The molecule has 0 radical (unpaired) electrons. The van der Waals surface area contributed by atoms with Gasteiger partial charge in [-0.2, -0.15) is 0 Å². The van der Waals surface area contributed by atoms with Gasteiger partial charge in [-0.25, -0.2) is 0 Å². The molecule has 108 valence electrons. The van der Waals surface area contributed by atoms with Crippen LogP contribution in [0.15, 0.2) is 40.8 Å². The van der Waals surface area contributed by atoms with Crippen LogP contribution in [0.1, 0.15) is 0 Å². The number of para-hydroxylation sites is 1. The van der Waals surface area contributed by atoms with Crippen molar-refractivity contribution in [1.82, 2.24) is 0 Å². The van der Waals surface area contributed by atoms with Crippen LogP contribution in [-0.4, -0.2) is 17.9 Å². The van der Waals surface area contributed by atoms with E-state index in [0.717, 1.165) is 16.4 Å². The Kier molecular flexibility index (Phi) is 3.66. The first-order chi connectivity index (χ1) is 10.1. The van der Waals surface area contributed by atoms with E-state index in [1.807, 2.05) is 30.3 Å². The molecule has 1 heterocycles. The van der Waals surface area contributed by atoms with Gasteiger partial charge in [0.2, 0.25) is 0 Å². The van der Waals surface area contributed by atoms with Crippen LogP contribution in [0.2, 0.25) is 0 Å². The molecule has 3 rings (SSSR count). The summed E-state index contributed by atoms with van der Waals surface area (Å²) in [4.78, 5) is 10.5. The standard InChI is InChI=1S/C15H11Cl2NO3/c1-20-13-6-9-8-4-2-3-5-11(8)21-12(9)7-10(13)18-15(19)14(16)17/h2-7,14H,1H3,(H,18,19). The normalized spacial score (nSPS) is 11.2. The number of carbonyl (C=O) groups is 1. The molecule has 0 fully saturated rings. The molecule has 0 aliphatic heterocycles. The summed E-state index contributed by atoms with van der Waals surface area (Å²) in [5.41, 5.74) is 1.87. The maximum atomic E-state index is 11.6. The Labute approximate surface area is 130 Å². The molecule has 21 heavy (non-hydrogen) atoms. The molecule has 0 atom stereocenters. The topological polar surface area (TPSA) is 51.5 Å². The molecule has 0 spiro atoms. The molecule has 1 N–H and O–H groups in total. The number of alkyl halides is 2. The highest BCUT2D eigenvalue weighted by molar-refractivity contribution is 6.54. The summed E-state index contributed by atoms with van der Waals surface area (Å²) in [5.74, 6) is -0.0107. The van der Waals surface area contributed by atoms with Crippen LogP contribution in [0.4, 0.5) is 5.69 Å². The van der Waals surface area contributed by atoms with Gasteiger partial charge in [0, 0.05) is 16.8 Å². The quantitative estimate of drug-likeness (QED) is 0.729. The van der Waals surface area contributed by atoms with Gasteiger partial charge in [-0.1, -0.05) is 41.4 Å². The van der Waals surface area contributed by atoms with E-state index in [9.17, 15) is 4.79 Å². The monoisotopic (exact) mass is 323 g/mol. The lowest BCUT2D eigenvalue weighted by molar-refractivity contribution is -0.114. The Morgan fingerprint density at radius 3 is 2.67 bits per heavy atom. The highest BCUT2D eigenvalue weighted by Crippen LogP contribution is 2.36. The molecule has 3 aromatic rings. The number of rotatable bonds is 3. The number of hydrogen-bond acceptors (Lipinski definition) is 3. The van der Waals surface area contributed by atoms with Gasteiger partial charge in [0.05, 0.1) is 12.8 Å². The number of anilines is 1. The minimum atomic E-state index is -1.15. The van der Waals surface area contributed by atoms with Crippen molar-refractivity contribution in [2.24, 2.45) is 0 Å². The maximum Gasteiger partial charge on any atom is 0.257 e. The van der Waals surface area contributed by atoms with Crippen LogP contribution in [0.5, 0.6) is 5.75 Å². The number of methoxy groups -OCH3 is 1. The lowest BCUT2D eigenvalue weighted by atomic mass is 10.1. The van der Waals surface area contributed by atoms with Gasteiger partial charge in [-0.05, 0) is 12.1 Å². The van der Waals surface area contributed by atoms with E-state index >= 15 is 0 Å². The predicted molar refractivity (Wildman–Crippen MR) is 84.4 cm³/mol. The van der Waals surface area contributed by atoms with Gasteiger partial charge in [0.1, 0.15) is 16.9 Å². The number of furan rings is 1. The van der Waals surface area contributed by atoms with Crippen LogP contribution in [0, 0.1) is 0 Å². The van der Waals surface area contributed by atoms with Crippen LogP contribution in [-0.2, 0) is 4.79 Å². The number of hydrogen-bond donors (Lipinski definition) is 1. The number of carbonyl (C=O) groups excluding carboxylic acids is 1. The smallest absolute Gasteiger partial charge is 0.257 e. The second-order valence-corrected chi connectivity index (χ2v) is 5.53. The van der Waals surface area contributed by atoms with Gasteiger partial charge < -0.3 is 14.5 Å². The van der Waals surface area contributed by atoms with Crippen LogP contribution in [0.3, 0.4) is 0 Å². The molecule has 6 heteroatoms. The average molecular weight is 324 g/mol. The molecular formula is C15H11Cl2NO3. The third-order valence-corrected chi connectivity index (χ3v) is 3.55. The van der Waals surface area contributed by atoms with Crippen LogP contribution in [0.25, 0.3) is 21.9 Å². The molecule has 0 saturated heterocycles. The summed E-state index contributed by atoms with van der Waals surface area (Å²) in [6.07, 6.45) is 0. The SMILES string of the molecule is COc1cc2c(cc1NC(=O)C(Cl)Cl)oc1ccccc12. The Bertz CT molecular complexity index is 826. The predicted octanol–water partition coefficient (Wildman–Crippen LogP) is 4.34. The van der Waals surface area contributed by atoms with Crippen molar-refractivity contribution in [3.05, 3.63) is 36.4 Å². The zero-order valence-corrected chi connectivity index (χ0v) is 12.5. The minimum Gasteiger partial charge on any atom is -0.495 e. The summed E-state index contributed by atoms with van der Waals surface area (Å²) in [7, 11) is 1.53. The van der Waals surface area contributed by atoms with Gasteiger partial charge in [0.25, 0.3) is 5.91 Å². The summed E-state index contributed by atoms with van der Waals surface area (Å²) in [6, 6.07) is 11.2. The number of fused-ring (bicyclic) bond motifs is 3. The Balaban J connectivity index is 2.17. The molecule has 2 aromatic carbocycles. The Morgan fingerprint density at radius 1 is 1.19 bits per heavy atom. The van der Waals surface area contributed by atoms with Crippen molar-refractivity contribution in [1.29, 1.82) is 0 Å². The summed E-state index contributed by atoms with van der Waals surface area (Å²) >= 11 is 11.1. The summed E-state index contributed by atoms with van der Waals surface area (Å²) in [6.45, 7) is 0. The molecule has 4 nitrogen and oxygen atoms in total. The van der Waals surface area contributed by atoms with E-state index in [1.54, 1.807) is 6.07 Å². The number of halogens is 2. The van der Waals surface area contributed by atoms with Gasteiger partial charge in [-0.15, -0.1) is 0 Å². The Morgan fingerprint density at radius 2 is 1.95 bits per heavy atom. The first-order valence-corrected chi connectivity index (χ1v) is 7.05. The fourth-order valence-corrected chi connectivity index (χ4v) is 2.31. The third-order valence-electron chi connectivity index (χ3n) is 3.15. The first-order valence-electron chi connectivity index (χ1n) is 6.18. The van der Waals surface area contributed by atoms with Crippen LogP contribution >= 0.6 is 23.2 Å². The van der Waals surface area contributed by atoms with Crippen molar-refractivity contribution in [2.75, 3.05) is 12.4 Å². The molecule has 0 unspecified atom stereocenters. The molecule has 0 bridgehead atoms. The lowest BCUT2D eigenvalue weighted by Crippen LogP contribution is -2.18. The number of amides is 1. The second kappa shape index (κ2) is 5.47. The fourth-order valence-electron chi connectivity index (χ4n) is 2.21. The Hall–Kier alpha value is -1.91. The fraction of sp³-hybridized carbons (Fsp3) is 0.133. The minimum absolute atomic E-state index is 0.459. The van der Waals surface area contributed by atoms with E-state index in [0.29, 0.717) is 17.0 Å². The lowest BCUT2D eigenvalue weighted by Gasteiger charge is -2.10. The second-order valence-electron chi connectivity index (χ2n) is 4.44. The van der Waals surface area contributed by atoms with E-state index in [1.165, 1.54) is 7.11 Å². The van der Waals surface area contributed by atoms with Crippen LogP contribution < -0.4 is 10.1 Å². The maximum absolute atomic E-state index is 11.6. The average Bonchev–Trinajstić information content (AvgIpc) is 2.83. The summed E-state index contributed by atoms with van der Waals surface area (Å²) < 4.78 is 11.1. The third kappa shape index (κ3) is 2.52. The van der Waals surface area contributed by atoms with Gasteiger partial charge in [0.15, 0.2) is 4.84 Å². The van der Waals surface area contributed by atoms with Crippen molar-refractivity contribution in [2.45, 2.75) is 4.84 Å². The highest BCUT2D eigenvalue weighted by Gasteiger charge is 2.17. The van der Waals surface area contributed by atoms with E-state index < -0.39 is 10.7 Å². The van der Waals surface area contributed by atoms with E-state index in [4.69, 9.17) is 32.4 Å². The molecule has 1 amide bonds. The molecule has 0 aliphatic rings. The van der Waals surface area contributed by atoms with Crippen molar-refractivity contribution in [3.63, 3.8) is 0 Å². The zero-order valence-electron chi connectivity index (χ0n) is 11.0. The molecule has 0 aliphatic carbocycles. The van der Waals surface area contributed by atoms with Gasteiger partial charge >= 0.3 is 0 Å². The molecule has 0 saturated carbocycles. The van der Waals surface area contributed by atoms with E-state index in [2.05, 4.69) is 5.32 Å². The van der Waals surface area contributed by atoms with Crippen molar-refractivity contribution < 1.29 is 13.9 Å². The van der Waals surface area contributed by atoms with Crippen molar-refractivity contribution in [3.8, 4) is 5.75 Å². The number of benzene rings is 2. The molecular weight excluding hydrogens is 313 g/mol. The van der Waals surface area contributed by atoms with E-state index in [-0.39, 0.29) is 0 Å². The van der Waals surface area contributed by atoms with Crippen molar-refractivity contribution >= 4 is 56.7 Å². The number of ether oxygens (including phenoxy) is 1. The first kappa shape index (κ1) is 14.0. The van der Waals surface area contributed by atoms with Gasteiger partial charge in [-0.3, -0.25) is 4.79 Å². The largest absolute Gasteiger partial charge is 0.495 e. The highest BCUT2D eigenvalue weighted by atomic mass is 35.5.